The Hall–Kier alpha value is -2.04. The molecule has 2 N–H and O–H groups in total. The number of hydrogen-bond donors (Lipinski definition) is 2. The first-order valence-electron chi connectivity index (χ1n) is 6.22. The molecule has 0 heterocycles. The van der Waals surface area contributed by atoms with E-state index in [-0.39, 0.29) is 0 Å². The zero-order chi connectivity index (χ0) is 14.4. The Labute approximate surface area is 112 Å². The van der Waals surface area contributed by atoms with E-state index in [0.717, 1.165) is 12.8 Å². The summed E-state index contributed by atoms with van der Waals surface area (Å²) in [6.45, 7) is 2.09. The lowest BCUT2D eigenvalue weighted by molar-refractivity contribution is -0.145. The van der Waals surface area contributed by atoms with Crippen molar-refractivity contribution in [2.45, 2.75) is 32.2 Å². The highest BCUT2D eigenvalue weighted by Gasteiger charge is 2.25. The highest BCUT2D eigenvalue weighted by atomic mass is 16.4. The van der Waals surface area contributed by atoms with Crippen molar-refractivity contribution in [3.05, 3.63) is 29.8 Å². The van der Waals surface area contributed by atoms with Crippen LogP contribution in [0.4, 0.5) is 5.69 Å². The summed E-state index contributed by atoms with van der Waals surface area (Å²) in [7, 11) is 1.59. The minimum atomic E-state index is -1.14. The van der Waals surface area contributed by atoms with E-state index < -0.39 is 24.4 Å². The fourth-order valence-electron chi connectivity index (χ4n) is 1.92. The highest BCUT2D eigenvalue weighted by Crippen LogP contribution is 2.18. The second-order valence-electron chi connectivity index (χ2n) is 4.48. The molecule has 19 heavy (non-hydrogen) atoms. The van der Waals surface area contributed by atoms with Crippen molar-refractivity contribution in [2.75, 3.05) is 11.9 Å². The summed E-state index contributed by atoms with van der Waals surface area (Å²) < 4.78 is 0. The number of aliphatic carboxylic acids is 2. The van der Waals surface area contributed by atoms with Crippen molar-refractivity contribution in [2.24, 2.45) is 0 Å². The van der Waals surface area contributed by atoms with E-state index in [1.54, 1.807) is 7.05 Å². The first-order valence-corrected chi connectivity index (χ1v) is 6.22. The van der Waals surface area contributed by atoms with Gasteiger partial charge in [0.25, 0.3) is 0 Å². The minimum Gasteiger partial charge on any atom is -0.481 e. The second-order valence-corrected chi connectivity index (χ2v) is 4.48. The molecule has 0 radical (unpaired) electrons. The van der Waals surface area contributed by atoms with Gasteiger partial charge in [0.15, 0.2) is 0 Å². The third-order valence-electron chi connectivity index (χ3n) is 3.00. The van der Waals surface area contributed by atoms with Gasteiger partial charge in [-0.3, -0.25) is 4.79 Å². The molecule has 0 spiro atoms. The lowest BCUT2D eigenvalue weighted by atomic mass is 10.1. The van der Waals surface area contributed by atoms with Crippen molar-refractivity contribution in [3.8, 4) is 0 Å². The third kappa shape index (κ3) is 4.28. The lowest BCUT2D eigenvalue weighted by Gasteiger charge is -2.25. The normalized spacial score (nSPS) is 11.9. The van der Waals surface area contributed by atoms with Crippen LogP contribution in [-0.2, 0) is 16.0 Å². The van der Waals surface area contributed by atoms with Crippen LogP contribution in [0.15, 0.2) is 24.3 Å². The molecule has 0 aliphatic heterocycles. The zero-order valence-electron chi connectivity index (χ0n) is 11.2. The van der Waals surface area contributed by atoms with Gasteiger partial charge >= 0.3 is 11.9 Å². The maximum atomic E-state index is 11.1. The Balaban J connectivity index is 2.86. The molecule has 0 amide bonds. The van der Waals surface area contributed by atoms with Crippen LogP contribution in [0.25, 0.3) is 0 Å². The molecule has 0 aliphatic carbocycles. The van der Waals surface area contributed by atoms with Gasteiger partial charge in [-0.2, -0.15) is 0 Å². The van der Waals surface area contributed by atoms with Crippen molar-refractivity contribution >= 4 is 17.6 Å². The van der Waals surface area contributed by atoms with Gasteiger partial charge in [0, 0.05) is 12.7 Å². The van der Waals surface area contributed by atoms with Crippen LogP contribution in [-0.4, -0.2) is 35.2 Å². The van der Waals surface area contributed by atoms with Crippen LogP contribution in [0.5, 0.6) is 0 Å². The molecular formula is C14H19NO4. The number of aryl methyl sites for hydroxylation is 1. The molecule has 1 unspecified atom stereocenters. The Morgan fingerprint density at radius 1 is 1.21 bits per heavy atom. The van der Waals surface area contributed by atoms with Crippen LogP contribution in [0.1, 0.15) is 25.3 Å². The predicted molar refractivity (Wildman–Crippen MR) is 72.5 cm³/mol. The number of hydrogen-bond acceptors (Lipinski definition) is 3. The number of likely N-dealkylation sites (N-methyl/N-ethyl adjacent to an activating group) is 1. The maximum Gasteiger partial charge on any atom is 0.326 e. The van der Waals surface area contributed by atoms with Crippen LogP contribution < -0.4 is 4.90 Å². The van der Waals surface area contributed by atoms with Crippen molar-refractivity contribution in [1.29, 1.82) is 0 Å². The molecule has 0 fully saturated rings. The summed E-state index contributed by atoms with van der Waals surface area (Å²) in [6.07, 6.45) is 1.59. The van der Waals surface area contributed by atoms with Crippen LogP contribution in [0, 0.1) is 0 Å². The average Bonchev–Trinajstić information content (AvgIpc) is 2.36. The van der Waals surface area contributed by atoms with Gasteiger partial charge in [-0.05, 0) is 24.1 Å². The third-order valence-corrected chi connectivity index (χ3v) is 3.00. The number of carboxylic acid groups (broad SMARTS) is 2. The summed E-state index contributed by atoms with van der Waals surface area (Å²) in [4.78, 5) is 23.3. The molecule has 0 bridgehead atoms. The largest absolute Gasteiger partial charge is 0.481 e. The fourth-order valence-corrected chi connectivity index (χ4v) is 1.92. The van der Waals surface area contributed by atoms with Crippen LogP contribution in [0.3, 0.4) is 0 Å². The number of benzene rings is 1. The average molecular weight is 265 g/mol. The molecule has 1 rings (SSSR count). The molecule has 0 aliphatic rings. The molecular weight excluding hydrogens is 246 g/mol. The number of nitrogens with zero attached hydrogens (tertiary/aromatic N) is 1. The van der Waals surface area contributed by atoms with Gasteiger partial charge in [0.05, 0.1) is 6.42 Å². The van der Waals surface area contributed by atoms with Gasteiger partial charge in [-0.1, -0.05) is 25.5 Å². The summed E-state index contributed by atoms with van der Waals surface area (Å²) >= 11 is 0. The van der Waals surface area contributed by atoms with E-state index in [0.29, 0.717) is 5.69 Å². The molecule has 0 aromatic heterocycles. The zero-order valence-corrected chi connectivity index (χ0v) is 11.2. The maximum absolute atomic E-state index is 11.1. The quantitative estimate of drug-likeness (QED) is 0.788. The van der Waals surface area contributed by atoms with E-state index in [1.807, 2.05) is 24.3 Å². The topological polar surface area (TPSA) is 77.8 Å². The Kier molecular flexibility index (Phi) is 5.36. The van der Waals surface area contributed by atoms with Gasteiger partial charge in [0.1, 0.15) is 6.04 Å². The molecule has 0 saturated heterocycles. The summed E-state index contributed by atoms with van der Waals surface area (Å²) in [6, 6.07) is 6.46. The van der Waals surface area contributed by atoms with Crippen molar-refractivity contribution in [1.82, 2.24) is 0 Å². The lowest BCUT2D eigenvalue weighted by Crippen LogP contribution is -2.40. The minimum absolute atomic E-state index is 0.428. The molecule has 1 aromatic carbocycles. The summed E-state index contributed by atoms with van der Waals surface area (Å²) in [5.74, 6) is -2.26. The molecule has 5 nitrogen and oxygen atoms in total. The van der Waals surface area contributed by atoms with Crippen molar-refractivity contribution < 1.29 is 19.8 Å². The van der Waals surface area contributed by atoms with Crippen molar-refractivity contribution in [3.63, 3.8) is 0 Å². The number of anilines is 1. The number of carboxylic acids is 2. The van der Waals surface area contributed by atoms with E-state index in [9.17, 15) is 9.59 Å². The standard InChI is InChI=1S/C14H19NO4/c1-3-4-10-5-7-11(8-6-10)15(2)12(14(18)19)9-13(16)17/h5-8,12H,3-4,9H2,1-2H3,(H,16,17)(H,18,19). The SMILES string of the molecule is CCCc1ccc(N(C)C(CC(=O)O)C(=O)O)cc1. The number of rotatable bonds is 7. The van der Waals surface area contributed by atoms with Gasteiger partial charge in [0.2, 0.25) is 0 Å². The van der Waals surface area contributed by atoms with E-state index >= 15 is 0 Å². The first kappa shape index (κ1) is 15.0. The second kappa shape index (κ2) is 6.78. The molecule has 104 valence electrons. The summed E-state index contributed by atoms with van der Waals surface area (Å²) in [5, 5.41) is 17.8. The number of carbonyl (C=O) groups is 2. The Morgan fingerprint density at radius 3 is 2.21 bits per heavy atom. The molecule has 1 aromatic rings. The predicted octanol–water partition coefficient (Wildman–Crippen LogP) is 2.00. The van der Waals surface area contributed by atoms with E-state index in [1.165, 1.54) is 10.5 Å². The molecule has 0 saturated carbocycles. The molecule has 5 heteroatoms. The smallest absolute Gasteiger partial charge is 0.326 e. The highest BCUT2D eigenvalue weighted by molar-refractivity contribution is 5.84. The van der Waals surface area contributed by atoms with Crippen LogP contribution in [0.2, 0.25) is 0 Å². The Morgan fingerprint density at radius 2 is 1.79 bits per heavy atom. The van der Waals surface area contributed by atoms with E-state index in [4.69, 9.17) is 10.2 Å². The first-order chi connectivity index (χ1) is 8.95. The van der Waals surface area contributed by atoms with Crippen LogP contribution >= 0.6 is 0 Å². The fraction of sp³-hybridized carbons (Fsp3) is 0.429. The van der Waals surface area contributed by atoms with Gasteiger partial charge in [-0.25, -0.2) is 4.79 Å². The summed E-state index contributed by atoms with van der Waals surface area (Å²) in [5.41, 5.74) is 1.89. The monoisotopic (exact) mass is 265 g/mol. The van der Waals surface area contributed by atoms with E-state index in [2.05, 4.69) is 6.92 Å². The Bertz CT molecular complexity index is 441. The molecule has 1 atom stereocenters. The van der Waals surface area contributed by atoms with Gasteiger partial charge < -0.3 is 15.1 Å². The van der Waals surface area contributed by atoms with Gasteiger partial charge in [-0.15, -0.1) is 0 Å².